The summed E-state index contributed by atoms with van der Waals surface area (Å²) in [4.78, 5) is 11.4. The standard InChI is InChI=1S/C18H16FN3O4S/c1-12-10-17(22(20-12)14-6-4-3-5-7-14)21-27(24,25)16-11-13(19)8-9-15(16)18(23)26-2/h3-11,21H,1-2H3. The number of nitrogens with one attached hydrogen (secondary N) is 1. The van der Waals surface area contributed by atoms with Crippen LogP contribution in [0.4, 0.5) is 10.2 Å². The number of aryl methyl sites for hydroxylation is 1. The van der Waals surface area contributed by atoms with Crippen LogP contribution in [-0.2, 0) is 14.8 Å². The zero-order chi connectivity index (χ0) is 19.6. The normalized spacial score (nSPS) is 11.2. The van der Waals surface area contributed by atoms with Crippen molar-refractivity contribution in [2.24, 2.45) is 0 Å². The molecule has 27 heavy (non-hydrogen) atoms. The van der Waals surface area contributed by atoms with Gasteiger partial charge in [-0.05, 0) is 37.3 Å². The van der Waals surface area contributed by atoms with Gasteiger partial charge in [0, 0.05) is 6.07 Å². The highest BCUT2D eigenvalue weighted by molar-refractivity contribution is 7.92. The SMILES string of the molecule is COC(=O)c1ccc(F)cc1S(=O)(=O)Nc1cc(C)nn1-c1ccccc1. The Morgan fingerprint density at radius 1 is 1.15 bits per heavy atom. The molecule has 0 amide bonds. The first-order valence-corrected chi connectivity index (χ1v) is 9.33. The molecule has 0 unspecified atom stereocenters. The lowest BCUT2D eigenvalue weighted by Crippen LogP contribution is -2.19. The number of halogens is 1. The van der Waals surface area contributed by atoms with Crippen LogP contribution >= 0.6 is 0 Å². The zero-order valence-electron chi connectivity index (χ0n) is 14.5. The average Bonchev–Trinajstić information content (AvgIpc) is 3.01. The molecule has 0 atom stereocenters. The number of benzene rings is 2. The molecule has 0 spiro atoms. The maximum Gasteiger partial charge on any atom is 0.339 e. The van der Waals surface area contributed by atoms with Gasteiger partial charge in [0.25, 0.3) is 10.0 Å². The van der Waals surface area contributed by atoms with Crippen LogP contribution in [0.1, 0.15) is 16.1 Å². The van der Waals surface area contributed by atoms with Gasteiger partial charge in [-0.25, -0.2) is 22.3 Å². The topological polar surface area (TPSA) is 90.3 Å². The van der Waals surface area contributed by atoms with E-state index in [1.165, 1.54) is 10.7 Å². The van der Waals surface area contributed by atoms with Gasteiger partial charge in [-0.3, -0.25) is 4.72 Å². The van der Waals surface area contributed by atoms with Crippen LogP contribution < -0.4 is 4.72 Å². The monoisotopic (exact) mass is 389 g/mol. The molecule has 0 radical (unpaired) electrons. The third-order valence-electron chi connectivity index (χ3n) is 3.71. The van der Waals surface area contributed by atoms with Crippen molar-refractivity contribution in [3.05, 3.63) is 71.7 Å². The van der Waals surface area contributed by atoms with Gasteiger partial charge in [0.15, 0.2) is 0 Å². The number of sulfonamides is 1. The van der Waals surface area contributed by atoms with E-state index in [0.717, 1.165) is 25.3 Å². The molecule has 0 aliphatic carbocycles. The number of aromatic nitrogens is 2. The summed E-state index contributed by atoms with van der Waals surface area (Å²) in [6.45, 7) is 1.71. The molecule has 3 aromatic rings. The molecule has 1 aromatic heterocycles. The first kappa shape index (κ1) is 18.6. The second-order valence-corrected chi connectivity index (χ2v) is 7.31. The van der Waals surface area contributed by atoms with E-state index < -0.39 is 26.7 Å². The summed E-state index contributed by atoms with van der Waals surface area (Å²) < 4.78 is 47.8. The Morgan fingerprint density at radius 2 is 1.85 bits per heavy atom. The van der Waals surface area contributed by atoms with Gasteiger partial charge in [0.2, 0.25) is 0 Å². The van der Waals surface area contributed by atoms with Gasteiger partial charge in [-0.15, -0.1) is 0 Å². The molecular weight excluding hydrogens is 373 g/mol. The number of anilines is 1. The minimum Gasteiger partial charge on any atom is -0.465 e. The van der Waals surface area contributed by atoms with Crippen LogP contribution in [0.3, 0.4) is 0 Å². The van der Waals surface area contributed by atoms with Gasteiger partial charge < -0.3 is 4.74 Å². The molecule has 0 aliphatic heterocycles. The number of hydrogen-bond donors (Lipinski definition) is 1. The quantitative estimate of drug-likeness (QED) is 0.678. The van der Waals surface area contributed by atoms with Crippen molar-refractivity contribution in [2.45, 2.75) is 11.8 Å². The molecular formula is C18H16FN3O4S. The van der Waals surface area contributed by atoms with E-state index in [4.69, 9.17) is 0 Å². The lowest BCUT2D eigenvalue weighted by atomic mass is 10.2. The summed E-state index contributed by atoms with van der Waals surface area (Å²) in [5.41, 5.74) is 0.939. The highest BCUT2D eigenvalue weighted by Gasteiger charge is 2.25. The van der Waals surface area contributed by atoms with Crippen molar-refractivity contribution in [3.8, 4) is 5.69 Å². The van der Waals surface area contributed by atoms with Crippen LogP contribution in [0, 0.1) is 12.7 Å². The number of carbonyl (C=O) groups is 1. The van der Waals surface area contributed by atoms with Crippen molar-refractivity contribution in [2.75, 3.05) is 11.8 Å². The maximum absolute atomic E-state index is 13.7. The molecule has 7 nitrogen and oxygen atoms in total. The molecule has 0 saturated carbocycles. The Labute approximate surface area is 155 Å². The summed E-state index contributed by atoms with van der Waals surface area (Å²) in [6, 6.07) is 13.3. The Bertz CT molecular complexity index is 1100. The molecule has 2 aromatic carbocycles. The molecule has 0 bridgehead atoms. The van der Waals surface area contributed by atoms with Gasteiger partial charge >= 0.3 is 5.97 Å². The third-order valence-corrected chi connectivity index (χ3v) is 5.10. The summed E-state index contributed by atoms with van der Waals surface area (Å²) >= 11 is 0. The molecule has 0 fully saturated rings. The lowest BCUT2D eigenvalue weighted by Gasteiger charge is -2.13. The largest absolute Gasteiger partial charge is 0.465 e. The number of methoxy groups -OCH3 is 1. The second-order valence-electron chi connectivity index (χ2n) is 5.66. The minimum absolute atomic E-state index is 0.152. The Hall–Kier alpha value is -3.20. The molecule has 9 heteroatoms. The maximum atomic E-state index is 13.7. The number of ether oxygens (including phenoxy) is 1. The smallest absolute Gasteiger partial charge is 0.339 e. The Morgan fingerprint density at radius 3 is 2.52 bits per heavy atom. The van der Waals surface area contributed by atoms with Crippen LogP contribution in [0.5, 0.6) is 0 Å². The number of carbonyl (C=O) groups excluding carboxylic acids is 1. The number of rotatable bonds is 5. The minimum atomic E-state index is -4.29. The third kappa shape index (κ3) is 3.82. The second kappa shape index (κ2) is 7.20. The van der Waals surface area contributed by atoms with Crippen molar-refractivity contribution < 1.29 is 22.3 Å². The van der Waals surface area contributed by atoms with Crippen molar-refractivity contribution in [1.29, 1.82) is 0 Å². The van der Waals surface area contributed by atoms with Gasteiger partial charge in [0.1, 0.15) is 16.5 Å². The number of hydrogen-bond acceptors (Lipinski definition) is 5. The fourth-order valence-corrected chi connectivity index (χ4v) is 3.77. The first-order valence-electron chi connectivity index (χ1n) is 7.84. The molecule has 1 N–H and O–H groups in total. The van der Waals surface area contributed by atoms with E-state index in [0.29, 0.717) is 11.4 Å². The zero-order valence-corrected chi connectivity index (χ0v) is 15.3. The summed E-state index contributed by atoms with van der Waals surface area (Å²) in [5.74, 6) is -1.53. The van der Waals surface area contributed by atoms with E-state index >= 15 is 0 Å². The van der Waals surface area contributed by atoms with E-state index in [1.54, 1.807) is 31.2 Å². The predicted octanol–water partition coefficient (Wildman–Crippen LogP) is 2.91. The van der Waals surface area contributed by atoms with E-state index in [2.05, 4.69) is 14.6 Å². The number of esters is 1. The fourth-order valence-electron chi connectivity index (χ4n) is 2.53. The molecule has 0 saturated heterocycles. The number of nitrogens with zero attached hydrogens (tertiary/aromatic N) is 2. The lowest BCUT2D eigenvalue weighted by molar-refractivity contribution is 0.0596. The average molecular weight is 389 g/mol. The van der Waals surface area contributed by atoms with Crippen LogP contribution in [0.2, 0.25) is 0 Å². The van der Waals surface area contributed by atoms with Crippen LogP contribution in [0.25, 0.3) is 5.69 Å². The fraction of sp³-hybridized carbons (Fsp3) is 0.111. The Balaban J connectivity index is 2.07. The van der Waals surface area contributed by atoms with Crippen molar-refractivity contribution in [1.82, 2.24) is 9.78 Å². The molecule has 3 rings (SSSR count). The first-order chi connectivity index (χ1) is 12.8. The van der Waals surface area contributed by atoms with E-state index in [1.807, 2.05) is 6.07 Å². The van der Waals surface area contributed by atoms with Gasteiger partial charge in [-0.2, -0.15) is 5.10 Å². The van der Waals surface area contributed by atoms with Crippen molar-refractivity contribution >= 4 is 21.8 Å². The van der Waals surface area contributed by atoms with Gasteiger partial charge in [-0.1, -0.05) is 18.2 Å². The van der Waals surface area contributed by atoms with Crippen LogP contribution in [-0.4, -0.2) is 31.3 Å². The summed E-state index contributed by atoms with van der Waals surface area (Å²) in [5, 5.41) is 4.27. The summed E-state index contributed by atoms with van der Waals surface area (Å²) in [7, 11) is -3.18. The molecule has 140 valence electrons. The van der Waals surface area contributed by atoms with Gasteiger partial charge in [0.05, 0.1) is 24.1 Å². The van der Waals surface area contributed by atoms with Crippen molar-refractivity contribution in [3.63, 3.8) is 0 Å². The highest BCUT2D eigenvalue weighted by Crippen LogP contribution is 2.24. The molecule has 1 heterocycles. The molecule has 0 aliphatic rings. The number of para-hydroxylation sites is 1. The Kier molecular flexibility index (Phi) is 4.95. The van der Waals surface area contributed by atoms with Crippen LogP contribution in [0.15, 0.2) is 59.5 Å². The highest BCUT2D eigenvalue weighted by atomic mass is 32.2. The van der Waals surface area contributed by atoms with E-state index in [-0.39, 0.29) is 11.4 Å². The predicted molar refractivity (Wildman–Crippen MR) is 96.8 cm³/mol. The van der Waals surface area contributed by atoms with E-state index in [9.17, 15) is 17.6 Å². The summed E-state index contributed by atoms with van der Waals surface area (Å²) in [6.07, 6.45) is 0.